The van der Waals surface area contributed by atoms with Gasteiger partial charge in [-0.3, -0.25) is 4.79 Å². The molecule has 2 rings (SSSR count). The van der Waals surface area contributed by atoms with Gasteiger partial charge in [-0.2, -0.15) is 0 Å². The molecule has 1 atom stereocenters. The van der Waals surface area contributed by atoms with E-state index in [2.05, 4.69) is 10.3 Å². The number of aryl methyl sites for hydroxylation is 1. The molecule has 0 saturated heterocycles. The first-order valence-electron chi connectivity index (χ1n) is 6.83. The molecule has 0 fully saturated rings. The van der Waals surface area contributed by atoms with Crippen LogP contribution in [0.15, 0.2) is 35.7 Å². The summed E-state index contributed by atoms with van der Waals surface area (Å²) in [5.41, 5.74) is 0.568. The lowest BCUT2D eigenvalue weighted by atomic mass is 10.2. The second-order valence-corrected chi connectivity index (χ2v) is 6.28. The largest absolute Gasteiger partial charge is 0.495 e. The Kier molecular flexibility index (Phi) is 5.74. The van der Waals surface area contributed by atoms with Crippen molar-refractivity contribution in [3.63, 3.8) is 0 Å². The molecule has 0 aliphatic carbocycles. The Balaban J connectivity index is 2.12. The number of amides is 1. The number of halogens is 1. The third-order valence-electron chi connectivity index (χ3n) is 3.11. The molecule has 0 aliphatic heterocycles. The van der Waals surface area contributed by atoms with E-state index >= 15 is 0 Å². The highest BCUT2D eigenvalue weighted by Crippen LogP contribution is 2.30. The number of carbonyl (C=O) groups is 1. The van der Waals surface area contributed by atoms with E-state index in [0.717, 1.165) is 5.16 Å². The van der Waals surface area contributed by atoms with Crippen molar-refractivity contribution < 1.29 is 9.53 Å². The Labute approximate surface area is 139 Å². The van der Waals surface area contributed by atoms with E-state index in [1.807, 2.05) is 24.7 Å². The highest BCUT2D eigenvalue weighted by molar-refractivity contribution is 8.00. The van der Waals surface area contributed by atoms with Crippen LogP contribution in [0.5, 0.6) is 5.75 Å². The number of hydrogen-bond donors (Lipinski definition) is 1. The van der Waals surface area contributed by atoms with E-state index in [4.69, 9.17) is 16.3 Å². The van der Waals surface area contributed by atoms with Gasteiger partial charge >= 0.3 is 0 Å². The minimum atomic E-state index is -0.246. The van der Waals surface area contributed by atoms with Crippen molar-refractivity contribution in [2.24, 2.45) is 7.05 Å². The molecule has 0 saturated carbocycles. The van der Waals surface area contributed by atoms with Crippen molar-refractivity contribution in [3.05, 3.63) is 35.6 Å². The number of imidazole rings is 1. The number of nitrogens with zero attached hydrogens (tertiary/aromatic N) is 2. The van der Waals surface area contributed by atoms with E-state index in [1.54, 1.807) is 31.5 Å². The van der Waals surface area contributed by atoms with Gasteiger partial charge in [-0.05, 0) is 24.6 Å². The molecule has 1 amide bonds. The monoisotopic (exact) mass is 339 g/mol. The number of methoxy groups -OCH3 is 1. The van der Waals surface area contributed by atoms with Crippen molar-refractivity contribution in [1.29, 1.82) is 0 Å². The van der Waals surface area contributed by atoms with Gasteiger partial charge in [0.15, 0.2) is 5.16 Å². The van der Waals surface area contributed by atoms with E-state index in [-0.39, 0.29) is 11.2 Å². The maximum absolute atomic E-state index is 12.5. The number of benzene rings is 1. The number of aromatic nitrogens is 2. The highest BCUT2D eigenvalue weighted by atomic mass is 35.5. The van der Waals surface area contributed by atoms with Crippen molar-refractivity contribution in [2.75, 3.05) is 12.4 Å². The maximum atomic E-state index is 12.5. The highest BCUT2D eigenvalue weighted by Gasteiger charge is 2.21. The second kappa shape index (κ2) is 7.56. The lowest BCUT2D eigenvalue weighted by Gasteiger charge is -2.16. The van der Waals surface area contributed by atoms with Gasteiger partial charge in [0, 0.05) is 24.5 Å². The Morgan fingerprint density at radius 3 is 2.91 bits per heavy atom. The summed E-state index contributed by atoms with van der Waals surface area (Å²) < 4.78 is 7.13. The summed E-state index contributed by atoms with van der Waals surface area (Å²) in [6, 6.07) is 5.12. The van der Waals surface area contributed by atoms with Crippen molar-refractivity contribution >= 4 is 35.0 Å². The fourth-order valence-corrected chi connectivity index (χ4v) is 3.01. The molecule has 0 bridgehead atoms. The topological polar surface area (TPSA) is 56.2 Å². The molecule has 1 aromatic heterocycles. The van der Waals surface area contributed by atoms with E-state index in [9.17, 15) is 4.79 Å². The van der Waals surface area contributed by atoms with Crippen LogP contribution in [0, 0.1) is 0 Å². The first-order valence-corrected chi connectivity index (χ1v) is 8.09. The van der Waals surface area contributed by atoms with Crippen LogP contribution in [-0.4, -0.2) is 27.8 Å². The van der Waals surface area contributed by atoms with Gasteiger partial charge in [0.1, 0.15) is 5.75 Å². The molecule has 1 N–H and O–H groups in total. The first-order chi connectivity index (χ1) is 10.5. The average molecular weight is 340 g/mol. The summed E-state index contributed by atoms with van der Waals surface area (Å²) in [5.74, 6) is 0.477. The Morgan fingerprint density at radius 1 is 1.55 bits per heavy atom. The number of anilines is 1. The number of ether oxygens (including phenoxy) is 1. The number of nitrogens with one attached hydrogen (secondary N) is 1. The molecule has 2 aromatic rings. The third kappa shape index (κ3) is 3.96. The number of rotatable bonds is 6. The third-order valence-corrected chi connectivity index (χ3v) is 4.78. The van der Waals surface area contributed by atoms with Gasteiger partial charge in [-0.15, -0.1) is 0 Å². The van der Waals surface area contributed by atoms with Crippen molar-refractivity contribution in [2.45, 2.75) is 23.8 Å². The SMILES string of the molecule is CCC(Sc1nccn1C)C(=O)Nc1cc(Cl)ccc1OC. The summed E-state index contributed by atoms with van der Waals surface area (Å²) in [5, 5.41) is 3.98. The first kappa shape index (κ1) is 16.7. The van der Waals surface area contributed by atoms with E-state index < -0.39 is 0 Å². The maximum Gasteiger partial charge on any atom is 0.238 e. The van der Waals surface area contributed by atoms with Crippen molar-refractivity contribution in [1.82, 2.24) is 9.55 Å². The second-order valence-electron chi connectivity index (χ2n) is 4.67. The zero-order chi connectivity index (χ0) is 16.1. The Hall–Kier alpha value is -1.66. The van der Waals surface area contributed by atoms with Crippen LogP contribution in [0.2, 0.25) is 5.02 Å². The van der Waals surface area contributed by atoms with Crippen LogP contribution in [0.25, 0.3) is 0 Å². The van der Waals surface area contributed by atoms with Crippen LogP contribution < -0.4 is 10.1 Å². The molecule has 0 radical (unpaired) electrons. The molecule has 22 heavy (non-hydrogen) atoms. The van der Waals surface area contributed by atoms with Crippen molar-refractivity contribution in [3.8, 4) is 5.75 Å². The van der Waals surface area contributed by atoms with E-state index in [1.165, 1.54) is 11.8 Å². The predicted octanol–water partition coefficient (Wildman–Crippen LogP) is 3.59. The fraction of sp³-hybridized carbons (Fsp3) is 0.333. The standard InChI is InChI=1S/C15H18ClN3O2S/c1-4-13(22-15-17-7-8-19(15)2)14(20)18-11-9-10(16)5-6-12(11)21-3/h5-9,13H,4H2,1-3H3,(H,18,20). The molecule has 5 nitrogen and oxygen atoms in total. The lowest BCUT2D eigenvalue weighted by molar-refractivity contribution is -0.115. The minimum Gasteiger partial charge on any atom is -0.495 e. The molecule has 1 heterocycles. The van der Waals surface area contributed by atoms with Crippen LogP contribution in [0.4, 0.5) is 5.69 Å². The summed E-state index contributed by atoms with van der Waals surface area (Å²) >= 11 is 7.41. The zero-order valence-corrected chi connectivity index (χ0v) is 14.2. The average Bonchev–Trinajstić information content (AvgIpc) is 2.90. The molecule has 118 valence electrons. The van der Waals surface area contributed by atoms with Crippen LogP contribution >= 0.6 is 23.4 Å². The molecular formula is C15H18ClN3O2S. The molecule has 0 spiro atoms. The summed E-state index contributed by atoms with van der Waals surface area (Å²) in [6.45, 7) is 1.97. The molecule has 0 aliphatic rings. The van der Waals surface area contributed by atoms with Gasteiger partial charge in [-0.1, -0.05) is 30.3 Å². The predicted molar refractivity (Wildman–Crippen MR) is 89.8 cm³/mol. The summed E-state index contributed by atoms with van der Waals surface area (Å²) in [7, 11) is 3.46. The molecular weight excluding hydrogens is 322 g/mol. The van der Waals surface area contributed by atoms with Crippen LogP contribution in [0.1, 0.15) is 13.3 Å². The Morgan fingerprint density at radius 2 is 2.32 bits per heavy atom. The van der Waals surface area contributed by atoms with Crippen LogP contribution in [0.3, 0.4) is 0 Å². The van der Waals surface area contributed by atoms with E-state index in [0.29, 0.717) is 22.9 Å². The molecule has 7 heteroatoms. The smallest absolute Gasteiger partial charge is 0.238 e. The molecule has 1 aromatic carbocycles. The number of hydrogen-bond acceptors (Lipinski definition) is 4. The van der Waals surface area contributed by atoms with Gasteiger partial charge in [0.2, 0.25) is 5.91 Å². The quantitative estimate of drug-likeness (QED) is 0.817. The van der Waals surface area contributed by atoms with Gasteiger partial charge < -0.3 is 14.6 Å². The number of thioether (sulfide) groups is 1. The van der Waals surface area contributed by atoms with Crippen LogP contribution in [-0.2, 0) is 11.8 Å². The molecule has 1 unspecified atom stereocenters. The Bertz CT molecular complexity index is 660. The normalized spacial score (nSPS) is 12.0. The summed E-state index contributed by atoms with van der Waals surface area (Å²) in [4.78, 5) is 16.7. The fourth-order valence-electron chi connectivity index (χ4n) is 1.91. The number of carbonyl (C=O) groups excluding carboxylic acids is 1. The zero-order valence-electron chi connectivity index (χ0n) is 12.7. The lowest BCUT2D eigenvalue weighted by Crippen LogP contribution is -2.25. The minimum absolute atomic E-state index is 0.101. The van der Waals surface area contributed by atoms with Gasteiger partial charge in [-0.25, -0.2) is 4.98 Å². The summed E-state index contributed by atoms with van der Waals surface area (Å²) in [6.07, 6.45) is 4.26. The van der Waals surface area contributed by atoms with Gasteiger partial charge in [0.25, 0.3) is 0 Å². The van der Waals surface area contributed by atoms with Gasteiger partial charge in [0.05, 0.1) is 18.0 Å².